The molecule has 0 aromatic rings. The third-order valence-electron chi connectivity index (χ3n) is 8.18. The van der Waals surface area contributed by atoms with E-state index in [0.717, 1.165) is 44.9 Å². The van der Waals surface area contributed by atoms with Gasteiger partial charge in [-0.25, -0.2) is 0 Å². The molecule has 9 heteroatoms. The maximum absolute atomic E-state index is 12.6. The lowest BCUT2D eigenvalue weighted by molar-refractivity contribution is -0.305. The van der Waals surface area contributed by atoms with Crippen LogP contribution in [0.2, 0.25) is 0 Å². The Morgan fingerprint density at radius 2 is 1.25 bits per heavy atom. The molecule has 0 saturated carbocycles. The first-order valence-corrected chi connectivity index (χ1v) is 17.8. The molecule has 1 heterocycles. The third kappa shape index (κ3) is 20.1. The predicted molar refractivity (Wildman–Crippen MR) is 173 cm³/mol. The number of ether oxygens (including phenoxy) is 4. The molecule has 1 rings (SSSR count). The van der Waals surface area contributed by atoms with E-state index < -0.39 is 43.4 Å². The average Bonchev–Trinajstić information content (AvgIpc) is 3.02. The Hall–Kier alpha value is -1.07. The first-order valence-electron chi connectivity index (χ1n) is 17.8. The fraction of sp³-hybridized carbons (Fsp3) is 0.914. The molecule has 1 aliphatic rings. The van der Waals surface area contributed by atoms with E-state index >= 15 is 0 Å². The van der Waals surface area contributed by atoms with Crippen molar-refractivity contribution >= 4 is 5.97 Å². The van der Waals surface area contributed by atoms with Gasteiger partial charge in [-0.05, 0) is 38.5 Å². The minimum absolute atomic E-state index is 0.114. The Kier molecular flexibility index (Phi) is 26.2. The van der Waals surface area contributed by atoms with Crippen molar-refractivity contribution in [2.24, 2.45) is 0 Å². The van der Waals surface area contributed by atoms with Crippen LogP contribution in [0.4, 0.5) is 0 Å². The molecule has 9 nitrogen and oxygen atoms in total. The standard InChI is InChI=1S/C35H66O9/c1-3-5-7-9-11-12-13-14-15-16-17-18-19-20-22-24-31(37)43-29(27-41-25-23-21-10-8-6-4-2)28-42-35-34(40)33(39)32(38)30(26-36)44-35/h14-15,29-30,32-36,38-40H,3-13,16-28H2,1-2H3/b15-14-. The van der Waals surface area contributed by atoms with Gasteiger partial charge in [-0.2, -0.15) is 0 Å². The van der Waals surface area contributed by atoms with Gasteiger partial charge in [0.05, 0.1) is 19.8 Å². The highest BCUT2D eigenvalue weighted by Crippen LogP contribution is 2.22. The molecular formula is C35H66O9. The minimum atomic E-state index is -1.53. The molecule has 44 heavy (non-hydrogen) atoms. The molecule has 0 aliphatic carbocycles. The predicted octanol–water partition coefficient (Wildman–Crippen LogP) is 6.13. The molecule has 6 unspecified atom stereocenters. The Bertz CT molecular complexity index is 687. The summed E-state index contributed by atoms with van der Waals surface area (Å²) in [5.74, 6) is -0.326. The molecule has 4 N–H and O–H groups in total. The normalized spacial score (nSPS) is 22.9. The van der Waals surface area contributed by atoms with Crippen molar-refractivity contribution in [2.75, 3.05) is 26.4 Å². The van der Waals surface area contributed by atoms with Crippen LogP contribution in [0.3, 0.4) is 0 Å². The van der Waals surface area contributed by atoms with Gasteiger partial charge >= 0.3 is 5.97 Å². The Labute approximate surface area is 267 Å². The zero-order valence-electron chi connectivity index (χ0n) is 27.9. The van der Waals surface area contributed by atoms with Gasteiger partial charge < -0.3 is 39.4 Å². The highest BCUT2D eigenvalue weighted by atomic mass is 16.7. The number of aliphatic hydroxyl groups excluding tert-OH is 4. The van der Waals surface area contributed by atoms with Crippen molar-refractivity contribution in [3.05, 3.63) is 12.2 Å². The van der Waals surface area contributed by atoms with E-state index in [4.69, 9.17) is 18.9 Å². The van der Waals surface area contributed by atoms with E-state index in [1.165, 1.54) is 77.0 Å². The second-order valence-electron chi connectivity index (χ2n) is 12.3. The number of allylic oxidation sites excluding steroid dienone is 2. The number of rotatable bonds is 29. The average molecular weight is 631 g/mol. The summed E-state index contributed by atoms with van der Waals surface area (Å²) in [7, 11) is 0. The zero-order chi connectivity index (χ0) is 32.3. The van der Waals surface area contributed by atoms with Crippen LogP contribution in [-0.4, -0.2) is 89.6 Å². The van der Waals surface area contributed by atoms with Crippen LogP contribution in [0.15, 0.2) is 12.2 Å². The van der Waals surface area contributed by atoms with Crippen LogP contribution in [0.25, 0.3) is 0 Å². The maximum atomic E-state index is 12.6. The number of unbranched alkanes of at least 4 members (excludes halogenated alkanes) is 16. The molecule has 6 atom stereocenters. The van der Waals surface area contributed by atoms with E-state index in [1.54, 1.807) is 0 Å². The molecule has 1 saturated heterocycles. The lowest BCUT2D eigenvalue weighted by Crippen LogP contribution is -2.59. The van der Waals surface area contributed by atoms with Gasteiger partial charge in [0, 0.05) is 13.0 Å². The van der Waals surface area contributed by atoms with E-state index in [1.807, 2.05) is 0 Å². The molecule has 1 aliphatic heterocycles. The van der Waals surface area contributed by atoms with Crippen LogP contribution in [0, 0.1) is 0 Å². The number of carbonyl (C=O) groups excluding carboxylic acids is 1. The zero-order valence-corrected chi connectivity index (χ0v) is 27.9. The number of hydrogen-bond donors (Lipinski definition) is 4. The van der Waals surface area contributed by atoms with Crippen LogP contribution in [-0.2, 0) is 23.7 Å². The van der Waals surface area contributed by atoms with E-state index in [2.05, 4.69) is 26.0 Å². The lowest BCUT2D eigenvalue weighted by Gasteiger charge is -2.39. The largest absolute Gasteiger partial charge is 0.457 e. The Morgan fingerprint density at radius 1 is 0.705 bits per heavy atom. The number of esters is 1. The third-order valence-corrected chi connectivity index (χ3v) is 8.18. The van der Waals surface area contributed by atoms with Gasteiger partial charge in [0.25, 0.3) is 0 Å². The fourth-order valence-electron chi connectivity index (χ4n) is 5.31. The summed E-state index contributed by atoms with van der Waals surface area (Å²) in [5.41, 5.74) is 0. The molecule has 0 spiro atoms. The first kappa shape index (κ1) is 41.0. The summed E-state index contributed by atoms with van der Waals surface area (Å²) < 4.78 is 22.5. The summed E-state index contributed by atoms with van der Waals surface area (Å²) >= 11 is 0. The molecule has 0 bridgehead atoms. The molecule has 0 aromatic heterocycles. The van der Waals surface area contributed by atoms with Crippen molar-refractivity contribution in [3.8, 4) is 0 Å². The summed E-state index contributed by atoms with van der Waals surface area (Å²) in [4.78, 5) is 12.6. The van der Waals surface area contributed by atoms with Crippen LogP contribution in [0.5, 0.6) is 0 Å². The van der Waals surface area contributed by atoms with Gasteiger partial charge in [0.2, 0.25) is 0 Å². The summed E-state index contributed by atoms with van der Waals surface area (Å²) in [6, 6.07) is 0. The van der Waals surface area contributed by atoms with E-state index in [-0.39, 0.29) is 19.2 Å². The van der Waals surface area contributed by atoms with Crippen LogP contribution < -0.4 is 0 Å². The summed E-state index contributed by atoms with van der Waals surface area (Å²) in [6.45, 7) is 4.48. The Balaban J connectivity index is 2.31. The SMILES string of the molecule is CCCCCCCC/C=C\CCCCCCCC(=O)OC(COCCCCCCCC)COC1OC(CO)C(O)C(O)C1O. The van der Waals surface area contributed by atoms with Crippen molar-refractivity contribution in [1.82, 2.24) is 0 Å². The fourth-order valence-corrected chi connectivity index (χ4v) is 5.31. The maximum Gasteiger partial charge on any atom is 0.306 e. The Morgan fingerprint density at radius 3 is 1.84 bits per heavy atom. The van der Waals surface area contributed by atoms with Gasteiger partial charge in [-0.15, -0.1) is 0 Å². The minimum Gasteiger partial charge on any atom is -0.457 e. The molecule has 1 fully saturated rings. The van der Waals surface area contributed by atoms with E-state index in [0.29, 0.717) is 13.0 Å². The number of carbonyl (C=O) groups is 1. The molecular weight excluding hydrogens is 564 g/mol. The molecule has 260 valence electrons. The monoisotopic (exact) mass is 630 g/mol. The number of aliphatic hydroxyl groups is 4. The molecule has 0 amide bonds. The highest BCUT2D eigenvalue weighted by molar-refractivity contribution is 5.69. The van der Waals surface area contributed by atoms with Crippen molar-refractivity contribution < 1.29 is 44.2 Å². The lowest BCUT2D eigenvalue weighted by atomic mass is 9.99. The highest BCUT2D eigenvalue weighted by Gasteiger charge is 2.44. The summed E-state index contributed by atoms with van der Waals surface area (Å²) in [5, 5.41) is 39.7. The van der Waals surface area contributed by atoms with Crippen molar-refractivity contribution in [1.29, 1.82) is 0 Å². The van der Waals surface area contributed by atoms with Crippen molar-refractivity contribution in [2.45, 2.75) is 179 Å². The number of hydrogen-bond acceptors (Lipinski definition) is 9. The quantitative estimate of drug-likeness (QED) is 0.0437. The first-order chi connectivity index (χ1) is 21.4. The van der Waals surface area contributed by atoms with Gasteiger partial charge in [0.15, 0.2) is 6.29 Å². The smallest absolute Gasteiger partial charge is 0.306 e. The molecule has 0 aromatic carbocycles. The second-order valence-corrected chi connectivity index (χ2v) is 12.3. The van der Waals surface area contributed by atoms with Gasteiger partial charge in [-0.1, -0.05) is 109 Å². The van der Waals surface area contributed by atoms with Crippen LogP contribution in [0.1, 0.15) is 142 Å². The topological polar surface area (TPSA) is 135 Å². The second kappa shape index (κ2) is 28.2. The summed E-state index contributed by atoms with van der Waals surface area (Å²) in [6.07, 6.45) is 19.7. The van der Waals surface area contributed by atoms with Gasteiger partial charge in [-0.3, -0.25) is 4.79 Å². The van der Waals surface area contributed by atoms with Crippen molar-refractivity contribution in [3.63, 3.8) is 0 Å². The van der Waals surface area contributed by atoms with E-state index in [9.17, 15) is 25.2 Å². The molecule has 0 radical (unpaired) electrons. The van der Waals surface area contributed by atoms with Crippen LogP contribution >= 0.6 is 0 Å². The van der Waals surface area contributed by atoms with Gasteiger partial charge in [0.1, 0.15) is 30.5 Å².